The van der Waals surface area contributed by atoms with Crippen molar-refractivity contribution in [3.63, 3.8) is 0 Å². The molecule has 5 heteroatoms. The molecule has 0 saturated carbocycles. The van der Waals surface area contributed by atoms with Gasteiger partial charge in [0.1, 0.15) is 11.6 Å². The largest absolute Gasteiger partial charge is 0.381 e. The van der Waals surface area contributed by atoms with Crippen LogP contribution in [0.1, 0.15) is 5.56 Å². The Hall–Kier alpha value is -1.32. The molecule has 0 radical (unpaired) electrons. The lowest BCUT2D eigenvalue weighted by Gasteiger charge is -2.08. The highest BCUT2D eigenvalue weighted by atomic mass is 35.5. The Morgan fingerprint density at radius 2 is 1.61 bits per heavy atom. The molecule has 0 spiro atoms. The van der Waals surface area contributed by atoms with Crippen molar-refractivity contribution in [2.24, 2.45) is 0 Å². The minimum Gasteiger partial charge on any atom is -0.381 e. The van der Waals surface area contributed by atoms with Gasteiger partial charge in [-0.1, -0.05) is 29.3 Å². The van der Waals surface area contributed by atoms with Crippen LogP contribution in [-0.2, 0) is 6.54 Å². The van der Waals surface area contributed by atoms with E-state index >= 15 is 0 Å². The van der Waals surface area contributed by atoms with Crippen molar-refractivity contribution in [1.82, 2.24) is 0 Å². The molecule has 1 N–H and O–H groups in total. The highest BCUT2D eigenvalue weighted by molar-refractivity contribution is 6.35. The molecule has 0 saturated heterocycles. The van der Waals surface area contributed by atoms with Gasteiger partial charge in [-0.3, -0.25) is 0 Å². The third-order valence-corrected chi connectivity index (χ3v) is 2.95. The van der Waals surface area contributed by atoms with Gasteiger partial charge in [-0.15, -0.1) is 0 Å². The topological polar surface area (TPSA) is 12.0 Å². The second-order valence-electron chi connectivity index (χ2n) is 3.75. The van der Waals surface area contributed by atoms with E-state index in [1.807, 2.05) is 0 Å². The highest BCUT2D eigenvalue weighted by Gasteiger charge is 2.03. The Labute approximate surface area is 113 Å². The van der Waals surface area contributed by atoms with Crippen LogP contribution in [0.25, 0.3) is 0 Å². The molecule has 0 fully saturated rings. The van der Waals surface area contributed by atoms with Crippen molar-refractivity contribution in [2.75, 3.05) is 5.32 Å². The number of benzene rings is 2. The fourth-order valence-corrected chi connectivity index (χ4v) is 1.99. The van der Waals surface area contributed by atoms with E-state index in [2.05, 4.69) is 5.32 Å². The summed E-state index contributed by atoms with van der Waals surface area (Å²) in [4.78, 5) is 0. The summed E-state index contributed by atoms with van der Waals surface area (Å²) < 4.78 is 25.9. The van der Waals surface area contributed by atoms with Crippen LogP contribution < -0.4 is 5.32 Å². The zero-order chi connectivity index (χ0) is 13.1. The zero-order valence-corrected chi connectivity index (χ0v) is 10.7. The SMILES string of the molecule is Fc1cc(F)cc(NCc2ccc(Cl)cc2Cl)c1. The molecular formula is C13H9Cl2F2N. The van der Waals surface area contributed by atoms with Gasteiger partial charge in [-0.2, -0.15) is 0 Å². The van der Waals surface area contributed by atoms with Gasteiger partial charge in [0, 0.05) is 28.3 Å². The van der Waals surface area contributed by atoms with Gasteiger partial charge in [0.2, 0.25) is 0 Å². The number of hydrogen-bond acceptors (Lipinski definition) is 1. The summed E-state index contributed by atoms with van der Waals surface area (Å²) in [6, 6.07) is 8.33. The van der Waals surface area contributed by atoms with E-state index in [-0.39, 0.29) is 0 Å². The lowest BCUT2D eigenvalue weighted by Crippen LogP contribution is -2.01. The molecular weight excluding hydrogens is 279 g/mol. The fraction of sp³-hybridized carbons (Fsp3) is 0.0769. The van der Waals surface area contributed by atoms with Gasteiger partial charge >= 0.3 is 0 Å². The molecule has 0 bridgehead atoms. The summed E-state index contributed by atoms with van der Waals surface area (Å²) in [7, 11) is 0. The van der Waals surface area contributed by atoms with Crippen LogP contribution in [0.5, 0.6) is 0 Å². The van der Waals surface area contributed by atoms with Crippen molar-refractivity contribution >= 4 is 28.9 Å². The lowest BCUT2D eigenvalue weighted by atomic mass is 10.2. The van der Waals surface area contributed by atoms with Gasteiger partial charge in [-0.25, -0.2) is 8.78 Å². The number of anilines is 1. The molecule has 94 valence electrons. The number of rotatable bonds is 3. The molecule has 0 aliphatic rings. The van der Waals surface area contributed by atoms with Crippen molar-refractivity contribution in [3.05, 3.63) is 63.6 Å². The molecule has 0 aliphatic carbocycles. The van der Waals surface area contributed by atoms with Gasteiger partial charge < -0.3 is 5.32 Å². The Balaban J connectivity index is 2.11. The van der Waals surface area contributed by atoms with Crippen molar-refractivity contribution in [2.45, 2.75) is 6.54 Å². The van der Waals surface area contributed by atoms with E-state index in [4.69, 9.17) is 23.2 Å². The average molecular weight is 288 g/mol. The average Bonchev–Trinajstić information content (AvgIpc) is 2.26. The van der Waals surface area contributed by atoms with Crippen LogP contribution in [0.3, 0.4) is 0 Å². The summed E-state index contributed by atoms with van der Waals surface area (Å²) in [5.74, 6) is -1.25. The van der Waals surface area contributed by atoms with Crippen LogP contribution in [-0.4, -0.2) is 0 Å². The lowest BCUT2D eigenvalue weighted by molar-refractivity contribution is 0.584. The van der Waals surface area contributed by atoms with E-state index in [1.165, 1.54) is 12.1 Å². The zero-order valence-electron chi connectivity index (χ0n) is 9.18. The third-order valence-electron chi connectivity index (χ3n) is 2.36. The Morgan fingerprint density at radius 3 is 2.22 bits per heavy atom. The quantitative estimate of drug-likeness (QED) is 0.848. The first-order chi connectivity index (χ1) is 8.54. The molecule has 0 unspecified atom stereocenters. The Morgan fingerprint density at radius 1 is 0.944 bits per heavy atom. The molecule has 0 aromatic heterocycles. The van der Waals surface area contributed by atoms with Gasteiger partial charge in [0.05, 0.1) is 0 Å². The second-order valence-corrected chi connectivity index (χ2v) is 4.59. The van der Waals surface area contributed by atoms with Gasteiger partial charge in [0.15, 0.2) is 0 Å². The normalized spacial score (nSPS) is 10.4. The van der Waals surface area contributed by atoms with E-state index in [1.54, 1.807) is 18.2 Å². The summed E-state index contributed by atoms with van der Waals surface area (Å²) in [6.45, 7) is 0.360. The maximum absolute atomic E-state index is 13.0. The molecule has 0 amide bonds. The van der Waals surface area contributed by atoms with E-state index in [0.29, 0.717) is 22.3 Å². The number of hydrogen-bond donors (Lipinski definition) is 1. The van der Waals surface area contributed by atoms with E-state index in [0.717, 1.165) is 11.6 Å². The Bertz CT molecular complexity index is 553. The number of nitrogens with one attached hydrogen (secondary N) is 1. The summed E-state index contributed by atoms with van der Waals surface area (Å²) in [5, 5.41) is 3.94. The van der Waals surface area contributed by atoms with Crippen LogP contribution in [0.15, 0.2) is 36.4 Å². The Kier molecular flexibility index (Phi) is 4.04. The van der Waals surface area contributed by atoms with Crippen molar-refractivity contribution in [3.8, 4) is 0 Å². The minimum atomic E-state index is -0.625. The molecule has 0 heterocycles. The highest BCUT2D eigenvalue weighted by Crippen LogP contribution is 2.22. The first-order valence-corrected chi connectivity index (χ1v) is 5.94. The maximum Gasteiger partial charge on any atom is 0.128 e. The van der Waals surface area contributed by atoms with Crippen LogP contribution in [0, 0.1) is 11.6 Å². The predicted molar refractivity (Wildman–Crippen MR) is 70.1 cm³/mol. The second kappa shape index (κ2) is 5.55. The fourth-order valence-electron chi connectivity index (χ4n) is 1.52. The standard InChI is InChI=1S/C13H9Cl2F2N/c14-9-2-1-8(13(15)3-9)7-18-12-5-10(16)4-11(17)6-12/h1-6,18H,7H2. The molecule has 0 aliphatic heterocycles. The van der Waals surface area contributed by atoms with Crippen LogP contribution in [0.4, 0.5) is 14.5 Å². The summed E-state index contributed by atoms with van der Waals surface area (Å²) >= 11 is 11.8. The molecule has 2 aromatic rings. The molecule has 0 atom stereocenters. The first kappa shape index (κ1) is 13.1. The first-order valence-electron chi connectivity index (χ1n) is 5.18. The van der Waals surface area contributed by atoms with Gasteiger partial charge in [-0.05, 0) is 29.8 Å². The molecule has 1 nitrogen and oxygen atoms in total. The predicted octanol–water partition coefficient (Wildman–Crippen LogP) is 4.88. The maximum atomic E-state index is 13.0. The van der Waals surface area contributed by atoms with E-state index < -0.39 is 11.6 Å². The molecule has 2 aromatic carbocycles. The third kappa shape index (κ3) is 3.34. The monoisotopic (exact) mass is 287 g/mol. The summed E-state index contributed by atoms with van der Waals surface area (Å²) in [5.41, 5.74) is 1.16. The van der Waals surface area contributed by atoms with Crippen molar-refractivity contribution < 1.29 is 8.78 Å². The van der Waals surface area contributed by atoms with Gasteiger partial charge in [0.25, 0.3) is 0 Å². The van der Waals surface area contributed by atoms with E-state index in [9.17, 15) is 8.78 Å². The molecule has 2 rings (SSSR count). The van der Waals surface area contributed by atoms with Crippen LogP contribution >= 0.6 is 23.2 Å². The minimum absolute atomic E-state index is 0.360. The number of halogens is 4. The van der Waals surface area contributed by atoms with Crippen LogP contribution in [0.2, 0.25) is 10.0 Å². The van der Waals surface area contributed by atoms with Crippen molar-refractivity contribution in [1.29, 1.82) is 0 Å². The molecule has 18 heavy (non-hydrogen) atoms. The smallest absolute Gasteiger partial charge is 0.128 e. The summed E-state index contributed by atoms with van der Waals surface area (Å²) in [6.07, 6.45) is 0.